The summed E-state index contributed by atoms with van der Waals surface area (Å²) >= 11 is 0. The molecule has 0 spiro atoms. The average Bonchev–Trinajstić information content (AvgIpc) is 2.32. The third kappa shape index (κ3) is 3.32. The van der Waals surface area contributed by atoms with Gasteiger partial charge in [-0.1, -0.05) is 25.1 Å². The van der Waals surface area contributed by atoms with Crippen LogP contribution in [0.4, 0.5) is 0 Å². The molecule has 1 aliphatic rings. The van der Waals surface area contributed by atoms with Crippen LogP contribution in [0.5, 0.6) is 0 Å². The van der Waals surface area contributed by atoms with Crippen molar-refractivity contribution in [3.63, 3.8) is 0 Å². The number of aryl methyl sites for hydroxylation is 3. The van der Waals surface area contributed by atoms with Crippen LogP contribution in [0.15, 0.2) is 18.2 Å². The predicted octanol–water partition coefficient (Wildman–Crippen LogP) is 3.48. The van der Waals surface area contributed by atoms with E-state index < -0.39 is 0 Å². The Labute approximate surface area is 106 Å². The van der Waals surface area contributed by atoms with Gasteiger partial charge in [-0.15, -0.1) is 0 Å². The molecule has 1 nitrogen and oxygen atoms in total. The Kier molecular flexibility index (Phi) is 4.22. The molecule has 1 aromatic carbocycles. The first-order chi connectivity index (χ1) is 8.16. The first-order valence-corrected chi connectivity index (χ1v) is 6.93. The van der Waals surface area contributed by atoms with E-state index >= 15 is 0 Å². The molecule has 2 rings (SSSR count). The summed E-state index contributed by atoms with van der Waals surface area (Å²) in [5.41, 5.74) is 4.34. The maximum Gasteiger partial charge on any atom is -0.00178 e. The van der Waals surface area contributed by atoms with Crippen LogP contribution in [0, 0.1) is 25.7 Å². The van der Waals surface area contributed by atoms with Gasteiger partial charge in [0, 0.05) is 0 Å². The van der Waals surface area contributed by atoms with Crippen LogP contribution in [-0.2, 0) is 6.42 Å². The zero-order valence-electron chi connectivity index (χ0n) is 11.4. The fourth-order valence-electron chi connectivity index (χ4n) is 2.75. The standard InChI is InChI=1S/C16H25N/c1-12-4-5-15(10-14(12)3)6-7-16-11-17-9-8-13(16)2/h4-5,10,13,16-17H,6-9,11H2,1-3H3. The quantitative estimate of drug-likeness (QED) is 0.840. The maximum atomic E-state index is 3.52. The van der Waals surface area contributed by atoms with Crippen molar-refractivity contribution in [2.24, 2.45) is 11.8 Å². The normalized spacial score (nSPS) is 24.9. The molecule has 0 radical (unpaired) electrons. The van der Waals surface area contributed by atoms with Crippen molar-refractivity contribution in [2.75, 3.05) is 13.1 Å². The molecule has 94 valence electrons. The maximum absolute atomic E-state index is 3.52. The highest BCUT2D eigenvalue weighted by Crippen LogP contribution is 2.23. The van der Waals surface area contributed by atoms with Gasteiger partial charge in [-0.05, 0) is 74.7 Å². The van der Waals surface area contributed by atoms with Gasteiger partial charge in [0.1, 0.15) is 0 Å². The molecule has 1 heteroatoms. The Morgan fingerprint density at radius 2 is 2.06 bits per heavy atom. The lowest BCUT2D eigenvalue weighted by Gasteiger charge is -2.29. The number of benzene rings is 1. The van der Waals surface area contributed by atoms with E-state index in [0.29, 0.717) is 0 Å². The zero-order valence-corrected chi connectivity index (χ0v) is 11.4. The lowest BCUT2D eigenvalue weighted by Crippen LogP contribution is -2.35. The topological polar surface area (TPSA) is 12.0 Å². The number of hydrogen-bond acceptors (Lipinski definition) is 1. The van der Waals surface area contributed by atoms with Gasteiger partial charge in [-0.3, -0.25) is 0 Å². The van der Waals surface area contributed by atoms with Gasteiger partial charge < -0.3 is 5.32 Å². The van der Waals surface area contributed by atoms with Crippen LogP contribution in [0.25, 0.3) is 0 Å². The summed E-state index contributed by atoms with van der Waals surface area (Å²) in [5, 5.41) is 3.52. The van der Waals surface area contributed by atoms with E-state index in [4.69, 9.17) is 0 Å². The number of hydrogen-bond donors (Lipinski definition) is 1. The zero-order chi connectivity index (χ0) is 12.3. The average molecular weight is 231 g/mol. The van der Waals surface area contributed by atoms with Gasteiger partial charge >= 0.3 is 0 Å². The van der Waals surface area contributed by atoms with E-state index in [0.717, 1.165) is 11.8 Å². The lowest BCUT2D eigenvalue weighted by molar-refractivity contribution is 0.260. The molecule has 1 N–H and O–H groups in total. The van der Waals surface area contributed by atoms with Gasteiger partial charge in [0.2, 0.25) is 0 Å². The molecule has 2 unspecified atom stereocenters. The molecule has 0 saturated carbocycles. The summed E-state index contributed by atoms with van der Waals surface area (Å²) in [7, 11) is 0. The van der Waals surface area contributed by atoms with Gasteiger partial charge in [0.25, 0.3) is 0 Å². The molecule has 0 bridgehead atoms. The second-order valence-electron chi connectivity index (χ2n) is 5.69. The molecule has 0 amide bonds. The van der Waals surface area contributed by atoms with Crippen LogP contribution >= 0.6 is 0 Å². The molecule has 17 heavy (non-hydrogen) atoms. The molecule has 1 heterocycles. The highest BCUT2D eigenvalue weighted by molar-refractivity contribution is 5.29. The van der Waals surface area contributed by atoms with Crippen LogP contribution in [0.1, 0.15) is 36.5 Å². The fraction of sp³-hybridized carbons (Fsp3) is 0.625. The summed E-state index contributed by atoms with van der Waals surface area (Å²) < 4.78 is 0. The van der Waals surface area contributed by atoms with E-state index in [-0.39, 0.29) is 0 Å². The Hall–Kier alpha value is -0.820. The third-order valence-corrected chi connectivity index (χ3v) is 4.36. The Morgan fingerprint density at radius 1 is 1.24 bits per heavy atom. The van der Waals surface area contributed by atoms with Gasteiger partial charge in [0.15, 0.2) is 0 Å². The van der Waals surface area contributed by atoms with E-state index in [9.17, 15) is 0 Å². The van der Waals surface area contributed by atoms with Crippen molar-refractivity contribution < 1.29 is 0 Å². The van der Waals surface area contributed by atoms with Crippen molar-refractivity contribution in [3.8, 4) is 0 Å². The van der Waals surface area contributed by atoms with Crippen LogP contribution in [0.3, 0.4) is 0 Å². The lowest BCUT2D eigenvalue weighted by atomic mass is 9.84. The largest absolute Gasteiger partial charge is 0.316 e. The first kappa shape index (κ1) is 12.6. The van der Waals surface area contributed by atoms with Crippen molar-refractivity contribution in [2.45, 2.75) is 40.0 Å². The Morgan fingerprint density at radius 3 is 2.76 bits per heavy atom. The molecule has 1 saturated heterocycles. The summed E-state index contributed by atoms with van der Waals surface area (Å²) in [6.45, 7) is 9.23. The molecular weight excluding hydrogens is 206 g/mol. The highest BCUT2D eigenvalue weighted by Gasteiger charge is 2.20. The third-order valence-electron chi connectivity index (χ3n) is 4.36. The Balaban J connectivity index is 1.90. The SMILES string of the molecule is Cc1ccc(CCC2CNCCC2C)cc1C. The molecule has 1 fully saturated rings. The van der Waals surface area contributed by atoms with Crippen LogP contribution in [-0.4, -0.2) is 13.1 Å². The van der Waals surface area contributed by atoms with Crippen LogP contribution < -0.4 is 5.32 Å². The van der Waals surface area contributed by atoms with Crippen molar-refractivity contribution in [1.82, 2.24) is 5.32 Å². The molecule has 1 aromatic rings. The van der Waals surface area contributed by atoms with E-state index in [1.807, 2.05) is 0 Å². The summed E-state index contributed by atoms with van der Waals surface area (Å²) in [4.78, 5) is 0. The molecule has 1 aliphatic heterocycles. The smallest absolute Gasteiger partial charge is 0.00178 e. The summed E-state index contributed by atoms with van der Waals surface area (Å²) in [6.07, 6.45) is 3.91. The second-order valence-corrected chi connectivity index (χ2v) is 5.69. The van der Waals surface area contributed by atoms with Crippen molar-refractivity contribution in [3.05, 3.63) is 34.9 Å². The molecular formula is C16H25N. The summed E-state index contributed by atoms with van der Waals surface area (Å²) in [5.74, 6) is 1.76. The van der Waals surface area contributed by atoms with Crippen molar-refractivity contribution in [1.29, 1.82) is 0 Å². The Bertz CT molecular complexity index is 370. The highest BCUT2D eigenvalue weighted by atomic mass is 14.9. The molecule has 0 aliphatic carbocycles. The minimum Gasteiger partial charge on any atom is -0.316 e. The number of rotatable bonds is 3. The minimum atomic E-state index is 0.866. The first-order valence-electron chi connectivity index (χ1n) is 6.93. The van der Waals surface area contributed by atoms with E-state index in [2.05, 4.69) is 44.3 Å². The van der Waals surface area contributed by atoms with E-state index in [1.165, 1.54) is 49.0 Å². The van der Waals surface area contributed by atoms with Crippen molar-refractivity contribution >= 4 is 0 Å². The van der Waals surface area contributed by atoms with Crippen LogP contribution in [0.2, 0.25) is 0 Å². The van der Waals surface area contributed by atoms with E-state index in [1.54, 1.807) is 0 Å². The number of nitrogens with one attached hydrogen (secondary N) is 1. The van der Waals surface area contributed by atoms with Gasteiger partial charge in [-0.2, -0.15) is 0 Å². The monoisotopic (exact) mass is 231 g/mol. The fourth-order valence-corrected chi connectivity index (χ4v) is 2.75. The molecule has 2 atom stereocenters. The van der Waals surface area contributed by atoms with Gasteiger partial charge in [0.05, 0.1) is 0 Å². The predicted molar refractivity (Wildman–Crippen MR) is 74.4 cm³/mol. The molecule has 0 aromatic heterocycles. The summed E-state index contributed by atoms with van der Waals surface area (Å²) in [6, 6.07) is 6.91. The van der Waals surface area contributed by atoms with Gasteiger partial charge in [-0.25, -0.2) is 0 Å². The second kappa shape index (κ2) is 5.68. The minimum absolute atomic E-state index is 0.866. The number of piperidine rings is 1.